The first-order valence-electron chi connectivity index (χ1n) is 4.82. The molecule has 1 aliphatic heterocycles. The minimum atomic E-state index is -0.934. The maximum Gasteiger partial charge on any atom is 0.123 e. The van der Waals surface area contributed by atoms with Crippen LogP contribution in [0.1, 0.15) is 18.9 Å². The Morgan fingerprint density at radius 1 is 1.47 bits per heavy atom. The molecule has 0 spiro atoms. The Bertz CT molecular complexity index is 347. The standard InChI is InChI=1S/C11H14FNO.ClH/c1-11(10(12)6-7-13-11)8-4-2-3-5-9(8)14;/h2-5,10,13-14H,6-7H2,1H3;1H. The number of phenols is 1. The summed E-state index contributed by atoms with van der Waals surface area (Å²) in [5.74, 6) is 0.159. The van der Waals surface area contributed by atoms with Gasteiger partial charge in [0.1, 0.15) is 11.9 Å². The fraction of sp³-hybridized carbons (Fsp3) is 0.455. The van der Waals surface area contributed by atoms with E-state index < -0.39 is 11.7 Å². The van der Waals surface area contributed by atoms with Crippen molar-refractivity contribution in [2.75, 3.05) is 6.54 Å². The van der Waals surface area contributed by atoms with Crippen molar-refractivity contribution in [1.82, 2.24) is 5.32 Å². The molecule has 0 amide bonds. The summed E-state index contributed by atoms with van der Waals surface area (Å²) in [6.07, 6.45) is -0.430. The van der Waals surface area contributed by atoms with Crippen LogP contribution in [0.2, 0.25) is 0 Å². The summed E-state index contributed by atoms with van der Waals surface area (Å²) in [6.45, 7) is 2.45. The van der Waals surface area contributed by atoms with Gasteiger partial charge in [-0.1, -0.05) is 18.2 Å². The van der Waals surface area contributed by atoms with Crippen molar-refractivity contribution in [3.63, 3.8) is 0 Å². The van der Waals surface area contributed by atoms with Crippen LogP contribution >= 0.6 is 12.4 Å². The summed E-state index contributed by atoms with van der Waals surface area (Å²) >= 11 is 0. The van der Waals surface area contributed by atoms with Crippen LogP contribution in [0.4, 0.5) is 4.39 Å². The van der Waals surface area contributed by atoms with Crippen molar-refractivity contribution >= 4 is 12.4 Å². The third-order valence-corrected chi connectivity index (χ3v) is 2.98. The van der Waals surface area contributed by atoms with Crippen molar-refractivity contribution < 1.29 is 9.50 Å². The molecule has 1 fully saturated rings. The van der Waals surface area contributed by atoms with Crippen molar-refractivity contribution in [2.24, 2.45) is 0 Å². The van der Waals surface area contributed by atoms with Crippen LogP contribution in [0.5, 0.6) is 5.75 Å². The van der Waals surface area contributed by atoms with Gasteiger partial charge in [0.25, 0.3) is 0 Å². The average molecular weight is 232 g/mol. The Kier molecular flexibility index (Phi) is 3.58. The van der Waals surface area contributed by atoms with Gasteiger partial charge in [0.15, 0.2) is 0 Å². The van der Waals surface area contributed by atoms with Crippen molar-refractivity contribution in [2.45, 2.75) is 25.1 Å². The summed E-state index contributed by atoms with van der Waals surface area (Å²) in [5.41, 5.74) is -0.0873. The van der Waals surface area contributed by atoms with Crippen LogP contribution in [-0.2, 0) is 5.54 Å². The molecule has 0 bridgehead atoms. The molecule has 1 aromatic carbocycles. The number of rotatable bonds is 1. The molecule has 2 rings (SSSR count). The SMILES string of the molecule is CC1(c2ccccc2O)NCCC1F.Cl. The highest BCUT2D eigenvalue weighted by molar-refractivity contribution is 5.85. The smallest absolute Gasteiger partial charge is 0.123 e. The summed E-state index contributed by atoms with van der Waals surface area (Å²) in [6, 6.07) is 6.91. The lowest BCUT2D eigenvalue weighted by Gasteiger charge is -2.28. The molecule has 0 aliphatic carbocycles. The first-order valence-corrected chi connectivity index (χ1v) is 4.82. The lowest BCUT2D eigenvalue weighted by Crippen LogP contribution is -2.39. The Hall–Kier alpha value is -0.800. The van der Waals surface area contributed by atoms with E-state index in [0.717, 1.165) is 0 Å². The quantitative estimate of drug-likeness (QED) is 0.778. The highest BCUT2D eigenvalue weighted by Gasteiger charge is 2.41. The highest BCUT2D eigenvalue weighted by atomic mass is 35.5. The molecule has 2 atom stereocenters. The molecule has 0 aromatic heterocycles. The van der Waals surface area contributed by atoms with Crippen LogP contribution in [-0.4, -0.2) is 17.8 Å². The predicted octanol–water partition coefficient (Wildman–Crippen LogP) is 2.36. The van der Waals surface area contributed by atoms with Crippen molar-refractivity contribution in [3.8, 4) is 5.75 Å². The molecule has 1 heterocycles. The molecular formula is C11H15ClFNO. The van der Waals surface area contributed by atoms with Gasteiger partial charge in [-0.2, -0.15) is 0 Å². The van der Waals surface area contributed by atoms with Gasteiger partial charge in [0.2, 0.25) is 0 Å². The minimum absolute atomic E-state index is 0. The van der Waals surface area contributed by atoms with Gasteiger partial charge in [-0.25, -0.2) is 4.39 Å². The van der Waals surface area contributed by atoms with Gasteiger partial charge in [0.05, 0.1) is 5.54 Å². The fourth-order valence-electron chi connectivity index (χ4n) is 2.03. The molecule has 2 unspecified atom stereocenters. The van der Waals surface area contributed by atoms with Crippen LogP contribution in [0.25, 0.3) is 0 Å². The minimum Gasteiger partial charge on any atom is -0.508 e. The van der Waals surface area contributed by atoms with E-state index in [1.807, 2.05) is 6.07 Å². The summed E-state index contributed by atoms with van der Waals surface area (Å²) < 4.78 is 13.7. The number of aromatic hydroxyl groups is 1. The van der Waals surface area contributed by atoms with E-state index in [4.69, 9.17) is 0 Å². The number of benzene rings is 1. The Morgan fingerprint density at radius 3 is 2.67 bits per heavy atom. The molecule has 1 aromatic rings. The molecule has 0 saturated carbocycles. The molecule has 0 radical (unpaired) electrons. The summed E-state index contributed by atoms with van der Waals surface area (Å²) in [5, 5.41) is 12.8. The Balaban J connectivity index is 0.00000112. The Morgan fingerprint density at radius 2 is 2.13 bits per heavy atom. The third kappa shape index (κ3) is 1.94. The third-order valence-electron chi connectivity index (χ3n) is 2.98. The predicted molar refractivity (Wildman–Crippen MR) is 60.2 cm³/mol. The second-order valence-electron chi connectivity index (χ2n) is 3.90. The number of para-hydroxylation sites is 1. The number of alkyl halides is 1. The van der Waals surface area contributed by atoms with Crippen LogP contribution in [0.3, 0.4) is 0 Å². The number of phenolic OH excluding ortho intramolecular Hbond substituents is 1. The first-order chi connectivity index (χ1) is 6.64. The van der Waals surface area contributed by atoms with E-state index in [1.165, 1.54) is 0 Å². The number of halogens is 2. The number of nitrogens with one attached hydrogen (secondary N) is 1. The average Bonchev–Trinajstić information content (AvgIpc) is 2.49. The fourth-order valence-corrected chi connectivity index (χ4v) is 2.03. The van der Waals surface area contributed by atoms with E-state index in [9.17, 15) is 9.50 Å². The van der Waals surface area contributed by atoms with E-state index >= 15 is 0 Å². The molecule has 1 saturated heterocycles. The van der Waals surface area contributed by atoms with Crippen molar-refractivity contribution in [3.05, 3.63) is 29.8 Å². The molecule has 84 valence electrons. The number of hydrogen-bond donors (Lipinski definition) is 2. The van der Waals surface area contributed by atoms with Gasteiger partial charge in [0, 0.05) is 5.56 Å². The molecule has 15 heavy (non-hydrogen) atoms. The summed E-state index contributed by atoms with van der Waals surface area (Å²) in [4.78, 5) is 0. The van der Waals surface area contributed by atoms with Gasteiger partial charge >= 0.3 is 0 Å². The van der Waals surface area contributed by atoms with Gasteiger partial charge in [-0.3, -0.25) is 0 Å². The zero-order valence-electron chi connectivity index (χ0n) is 8.53. The van der Waals surface area contributed by atoms with Crippen LogP contribution in [0, 0.1) is 0 Å². The lowest BCUT2D eigenvalue weighted by molar-refractivity contribution is 0.215. The topological polar surface area (TPSA) is 32.3 Å². The largest absolute Gasteiger partial charge is 0.508 e. The first kappa shape index (κ1) is 12.3. The van der Waals surface area contributed by atoms with Gasteiger partial charge < -0.3 is 10.4 Å². The van der Waals surface area contributed by atoms with E-state index in [2.05, 4.69) is 5.32 Å². The lowest BCUT2D eigenvalue weighted by atomic mass is 9.88. The monoisotopic (exact) mass is 231 g/mol. The molecule has 2 nitrogen and oxygen atoms in total. The molecule has 2 N–H and O–H groups in total. The molecule has 4 heteroatoms. The molecular weight excluding hydrogens is 217 g/mol. The normalized spacial score (nSPS) is 29.9. The zero-order valence-corrected chi connectivity index (χ0v) is 9.35. The van der Waals surface area contributed by atoms with E-state index in [-0.39, 0.29) is 18.2 Å². The van der Waals surface area contributed by atoms with Crippen LogP contribution < -0.4 is 5.32 Å². The Labute approximate surface area is 94.9 Å². The van der Waals surface area contributed by atoms with Gasteiger partial charge in [-0.15, -0.1) is 12.4 Å². The van der Waals surface area contributed by atoms with E-state index in [1.54, 1.807) is 25.1 Å². The second-order valence-corrected chi connectivity index (χ2v) is 3.90. The highest BCUT2D eigenvalue weighted by Crippen LogP contribution is 2.37. The van der Waals surface area contributed by atoms with Crippen molar-refractivity contribution in [1.29, 1.82) is 0 Å². The second kappa shape index (κ2) is 4.37. The maximum absolute atomic E-state index is 13.7. The maximum atomic E-state index is 13.7. The van der Waals surface area contributed by atoms with Gasteiger partial charge in [-0.05, 0) is 26.0 Å². The molecule has 1 aliphatic rings. The number of hydrogen-bond acceptors (Lipinski definition) is 2. The summed E-state index contributed by atoms with van der Waals surface area (Å²) in [7, 11) is 0. The zero-order chi connectivity index (χ0) is 10.2. The van der Waals surface area contributed by atoms with Crippen LogP contribution in [0.15, 0.2) is 24.3 Å². The van der Waals surface area contributed by atoms with E-state index in [0.29, 0.717) is 18.5 Å².